The number of benzene rings is 2. The zero-order valence-corrected chi connectivity index (χ0v) is 18.3. The summed E-state index contributed by atoms with van der Waals surface area (Å²) in [5.74, 6) is -0.636. The monoisotopic (exact) mass is 434 g/mol. The van der Waals surface area contributed by atoms with Gasteiger partial charge in [-0.2, -0.15) is 4.31 Å². The molecule has 10 heteroatoms. The molecule has 0 saturated heterocycles. The Labute approximate surface area is 177 Å². The molecule has 2 aromatic carbocycles. The summed E-state index contributed by atoms with van der Waals surface area (Å²) in [6.07, 6.45) is -0.862. The minimum Gasteiger partial charge on any atom is -0.402 e. The van der Waals surface area contributed by atoms with Crippen molar-refractivity contribution in [1.82, 2.24) is 9.62 Å². The van der Waals surface area contributed by atoms with Crippen molar-refractivity contribution in [1.29, 1.82) is 0 Å². The number of carbonyl (C=O) groups is 1. The Morgan fingerprint density at radius 3 is 2.27 bits per heavy atom. The Balaban J connectivity index is 2.08. The Morgan fingerprint density at radius 2 is 1.70 bits per heavy atom. The molecule has 162 valence electrons. The van der Waals surface area contributed by atoms with E-state index in [9.17, 15) is 23.3 Å². The summed E-state index contributed by atoms with van der Waals surface area (Å²) in [6.45, 7) is 5.25. The van der Waals surface area contributed by atoms with Crippen molar-refractivity contribution < 1.29 is 27.9 Å². The van der Waals surface area contributed by atoms with Crippen LogP contribution in [0.3, 0.4) is 0 Å². The quantitative estimate of drug-likeness (QED) is 0.399. The van der Waals surface area contributed by atoms with Crippen molar-refractivity contribution in [3.63, 3.8) is 0 Å². The maximum Gasteiger partial charge on any atom is 0.635 e. The number of hydrogen-bond donors (Lipinski definition) is 3. The molecule has 30 heavy (non-hydrogen) atoms. The van der Waals surface area contributed by atoms with Crippen molar-refractivity contribution in [2.24, 2.45) is 0 Å². The van der Waals surface area contributed by atoms with E-state index in [-0.39, 0.29) is 11.3 Å². The molecule has 1 atom stereocenters. The van der Waals surface area contributed by atoms with E-state index in [4.69, 9.17) is 4.65 Å². The lowest BCUT2D eigenvalue weighted by Gasteiger charge is -2.22. The smallest absolute Gasteiger partial charge is 0.402 e. The van der Waals surface area contributed by atoms with Gasteiger partial charge in [-0.25, -0.2) is 8.42 Å². The molecule has 0 fully saturated rings. The van der Waals surface area contributed by atoms with Gasteiger partial charge in [0.15, 0.2) is 0 Å². The van der Waals surface area contributed by atoms with E-state index in [0.717, 1.165) is 26.6 Å². The van der Waals surface area contributed by atoms with Gasteiger partial charge in [-0.15, -0.1) is 0 Å². The number of carbonyl (C=O) groups excluding carboxylic acids is 1. The molecule has 0 bridgehead atoms. The van der Waals surface area contributed by atoms with Crippen LogP contribution in [-0.4, -0.2) is 55.8 Å². The normalized spacial score (nSPS) is 12.6. The molecule has 0 radical (unpaired) electrons. The van der Waals surface area contributed by atoms with Crippen LogP contribution in [0.1, 0.15) is 22.3 Å². The van der Waals surface area contributed by atoms with E-state index in [1.807, 2.05) is 39.0 Å². The maximum atomic E-state index is 12.6. The summed E-state index contributed by atoms with van der Waals surface area (Å²) in [4.78, 5) is 12.5. The SMILES string of the molecule is Cc1ccc(S(=O)(=O)N(C)CC(=O)N[C@@H](Cc2ccc(C)cc2C)OB(O)O)cc1. The Bertz CT molecular complexity index is 979. The van der Waals surface area contributed by atoms with Gasteiger partial charge in [0.1, 0.15) is 6.23 Å². The number of hydrogen-bond acceptors (Lipinski definition) is 6. The first kappa shape index (κ1) is 24.0. The first-order valence-electron chi connectivity index (χ1n) is 9.39. The van der Waals surface area contributed by atoms with E-state index < -0.39 is 36.0 Å². The largest absolute Gasteiger partial charge is 0.635 e. The topological polar surface area (TPSA) is 116 Å². The van der Waals surface area contributed by atoms with E-state index in [0.29, 0.717) is 0 Å². The van der Waals surface area contributed by atoms with Crippen molar-refractivity contribution in [3.8, 4) is 0 Å². The molecule has 2 rings (SSSR count). The van der Waals surface area contributed by atoms with Crippen molar-refractivity contribution in [3.05, 3.63) is 64.7 Å². The van der Waals surface area contributed by atoms with Gasteiger partial charge >= 0.3 is 7.32 Å². The summed E-state index contributed by atoms with van der Waals surface area (Å²) in [5, 5.41) is 20.9. The van der Waals surface area contributed by atoms with Crippen LogP contribution < -0.4 is 5.32 Å². The Kier molecular flexibility index (Phi) is 8.16. The highest BCUT2D eigenvalue weighted by molar-refractivity contribution is 7.89. The molecule has 0 aliphatic heterocycles. The number of nitrogens with zero attached hydrogens (tertiary/aromatic N) is 1. The second-order valence-electron chi connectivity index (χ2n) is 7.23. The van der Waals surface area contributed by atoms with E-state index in [2.05, 4.69) is 5.32 Å². The number of aryl methyl sites for hydroxylation is 3. The molecule has 3 N–H and O–H groups in total. The average molecular weight is 434 g/mol. The first-order valence-corrected chi connectivity index (χ1v) is 10.8. The fourth-order valence-electron chi connectivity index (χ4n) is 2.96. The molecule has 8 nitrogen and oxygen atoms in total. The minimum absolute atomic E-state index is 0.0808. The van der Waals surface area contributed by atoms with Crippen molar-refractivity contribution in [2.75, 3.05) is 13.6 Å². The molecule has 0 saturated carbocycles. The van der Waals surface area contributed by atoms with Gasteiger partial charge in [-0.3, -0.25) is 4.79 Å². The van der Waals surface area contributed by atoms with Crippen LogP contribution in [0.5, 0.6) is 0 Å². The van der Waals surface area contributed by atoms with E-state index >= 15 is 0 Å². The lowest BCUT2D eigenvalue weighted by atomic mass is 10.0. The average Bonchev–Trinajstić information content (AvgIpc) is 2.63. The highest BCUT2D eigenvalue weighted by Gasteiger charge is 2.26. The maximum absolute atomic E-state index is 12.6. The van der Waals surface area contributed by atoms with Gasteiger partial charge in [0.05, 0.1) is 11.4 Å². The molecule has 0 heterocycles. The third-order valence-corrected chi connectivity index (χ3v) is 6.42. The first-order chi connectivity index (χ1) is 14.0. The Morgan fingerprint density at radius 1 is 1.10 bits per heavy atom. The zero-order valence-electron chi connectivity index (χ0n) is 17.5. The lowest BCUT2D eigenvalue weighted by Crippen LogP contribution is -2.46. The number of nitrogens with one attached hydrogen (secondary N) is 1. The van der Waals surface area contributed by atoms with Gasteiger partial charge in [-0.1, -0.05) is 41.5 Å². The van der Waals surface area contributed by atoms with Crippen LogP contribution in [0.2, 0.25) is 0 Å². The van der Waals surface area contributed by atoms with Gasteiger partial charge in [0.2, 0.25) is 15.9 Å². The van der Waals surface area contributed by atoms with Crippen LogP contribution in [0.25, 0.3) is 0 Å². The molecule has 1 amide bonds. The molecule has 0 unspecified atom stereocenters. The van der Waals surface area contributed by atoms with Crippen molar-refractivity contribution >= 4 is 23.3 Å². The van der Waals surface area contributed by atoms with Crippen LogP contribution in [0.15, 0.2) is 47.4 Å². The molecule has 0 aliphatic rings. The summed E-state index contributed by atoms with van der Waals surface area (Å²) < 4.78 is 31.2. The fourth-order valence-corrected chi connectivity index (χ4v) is 4.08. The summed E-state index contributed by atoms with van der Waals surface area (Å²) in [5.41, 5.74) is 3.81. The molecular formula is C20H27BN2O6S. The third-order valence-electron chi connectivity index (χ3n) is 4.61. The highest BCUT2D eigenvalue weighted by Crippen LogP contribution is 2.16. The van der Waals surface area contributed by atoms with Crippen LogP contribution >= 0.6 is 0 Å². The molecular weight excluding hydrogens is 407 g/mol. The van der Waals surface area contributed by atoms with Gasteiger partial charge < -0.3 is 20.0 Å². The second-order valence-corrected chi connectivity index (χ2v) is 9.27. The minimum atomic E-state index is -3.85. The number of sulfonamides is 1. The van der Waals surface area contributed by atoms with Gasteiger partial charge in [-0.05, 0) is 44.0 Å². The zero-order chi connectivity index (χ0) is 22.5. The lowest BCUT2D eigenvalue weighted by molar-refractivity contribution is -0.124. The predicted molar refractivity (Wildman–Crippen MR) is 114 cm³/mol. The molecule has 0 aromatic heterocycles. The Hall–Kier alpha value is -2.24. The van der Waals surface area contributed by atoms with Crippen LogP contribution in [0, 0.1) is 20.8 Å². The molecule has 0 aliphatic carbocycles. The molecule has 0 spiro atoms. The van der Waals surface area contributed by atoms with Gasteiger partial charge in [0.25, 0.3) is 0 Å². The van der Waals surface area contributed by atoms with E-state index in [1.54, 1.807) is 12.1 Å². The number of likely N-dealkylation sites (N-methyl/N-ethyl adjacent to an activating group) is 1. The van der Waals surface area contributed by atoms with Crippen LogP contribution in [0.4, 0.5) is 0 Å². The summed E-state index contributed by atoms with van der Waals surface area (Å²) in [7, 11) is -4.63. The summed E-state index contributed by atoms with van der Waals surface area (Å²) >= 11 is 0. The standard InChI is InChI=1S/C20H27BN2O6S/c1-14-6-9-18(10-7-14)30(27,28)23(4)13-19(24)22-20(29-21(25)26)12-17-8-5-15(2)11-16(17)3/h5-11,20,25-26H,12-13H2,1-4H3,(H,22,24)/t20-/m1/s1. The van der Waals surface area contributed by atoms with E-state index in [1.165, 1.54) is 19.2 Å². The van der Waals surface area contributed by atoms with Gasteiger partial charge in [0, 0.05) is 13.5 Å². The number of amides is 1. The predicted octanol–water partition coefficient (Wildman–Crippen LogP) is 0.903. The molecule has 2 aromatic rings. The highest BCUT2D eigenvalue weighted by atomic mass is 32.2. The fraction of sp³-hybridized carbons (Fsp3) is 0.350. The second kappa shape index (κ2) is 10.2. The third kappa shape index (κ3) is 6.64. The summed E-state index contributed by atoms with van der Waals surface area (Å²) in [6, 6.07) is 12.0. The van der Waals surface area contributed by atoms with Crippen LogP contribution in [-0.2, 0) is 25.9 Å². The number of rotatable bonds is 9. The van der Waals surface area contributed by atoms with Crippen molar-refractivity contribution in [2.45, 2.75) is 38.3 Å².